The molecule has 0 atom stereocenters. The van der Waals surface area contributed by atoms with Crippen LogP contribution in [0.1, 0.15) is 5.56 Å². The van der Waals surface area contributed by atoms with E-state index in [9.17, 15) is 9.50 Å². The first-order chi connectivity index (χ1) is 11.1. The lowest BCUT2D eigenvalue weighted by Crippen LogP contribution is -2.02. The standard InChI is InChI=1S/C17H14ClFN2O2/c1-23-15-5-2-10(8-14(15)22)9-21-13-4-3-11-12(18)6-7-20-17(11)16(13)19/h2-8,21-22H,9H2,1H3. The summed E-state index contributed by atoms with van der Waals surface area (Å²) in [6.45, 7) is 0.348. The van der Waals surface area contributed by atoms with Gasteiger partial charge in [0.1, 0.15) is 5.52 Å². The molecule has 3 rings (SSSR count). The number of aromatic nitrogens is 1. The second-order valence-electron chi connectivity index (χ2n) is 4.98. The van der Waals surface area contributed by atoms with Crippen molar-refractivity contribution in [2.75, 3.05) is 12.4 Å². The minimum Gasteiger partial charge on any atom is -0.504 e. The third-order valence-corrected chi connectivity index (χ3v) is 3.85. The highest BCUT2D eigenvalue weighted by Gasteiger charge is 2.11. The first-order valence-electron chi connectivity index (χ1n) is 6.92. The zero-order chi connectivity index (χ0) is 16.4. The maximum Gasteiger partial charge on any atom is 0.172 e. The van der Waals surface area contributed by atoms with Crippen LogP contribution in [-0.2, 0) is 6.54 Å². The maximum absolute atomic E-state index is 14.5. The predicted molar refractivity (Wildman–Crippen MR) is 88.7 cm³/mol. The van der Waals surface area contributed by atoms with E-state index in [1.807, 2.05) is 0 Å². The lowest BCUT2D eigenvalue weighted by Gasteiger charge is -2.11. The molecule has 6 heteroatoms. The number of anilines is 1. The predicted octanol–water partition coefficient (Wildman–Crippen LogP) is 4.35. The molecular formula is C17H14ClFN2O2. The van der Waals surface area contributed by atoms with Crippen LogP contribution in [0.5, 0.6) is 11.5 Å². The van der Waals surface area contributed by atoms with Gasteiger partial charge < -0.3 is 15.2 Å². The van der Waals surface area contributed by atoms with E-state index in [2.05, 4.69) is 10.3 Å². The number of fused-ring (bicyclic) bond motifs is 1. The van der Waals surface area contributed by atoms with Gasteiger partial charge in [0.15, 0.2) is 17.3 Å². The highest BCUT2D eigenvalue weighted by molar-refractivity contribution is 6.35. The van der Waals surface area contributed by atoms with Gasteiger partial charge in [-0.25, -0.2) is 4.39 Å². The van der Waals surface area contributed by atoms with E-state index in [1.165, 1.54) is 13.3 Å². The van der Waals surface area contributed by atoms with E-state index in [1.54, 1.807) is 36.4 Å². The molecular weight excluding hydrogens is 319 g/mol. The summed E-state index contributed by atoms with van der Waals surface area (Å²) < 4.78 is 19.5. The van der Waals surface area contributed by atoms with Gasteiger partial charge in [0, 0.05) is 18.1 Å². The van der Waals surface area contributed by atoms with Crippen LogP contribution in [0.15, 0.2) is 42.6 Å². The number of hydrogen-bond acceptors (Lipinski definition) is 4. The number of rotatable bonds is 4. The molecule has 118 valence electrons. The molecule has 1 heterocycles. The van der Waals surface area contributed by atoms with Gasteiger partial charge in [-0.3, -0.25) is 4.98 Å². The van der Waals surface area contributed by atoms with Crippen LogP contribution in [0.4, 0.5) is 10.1 Å². The van der Waals surface area contributed by atoms with E-state index < -0.39 is 5.82 Å². The average Bonchev–Trinajstić information content (AvgIpc) is 2.55. The Balaban J connectivity index is 1.85. The van der Waals surface area contributed by atoms with Crippen molar-refractivity contribution in [1.82, 2.24) is 4.98 Å². The van der Waals surface area contributed by atoms with Crippen molar-refractivity contribution >= 4 is 28.2 Å². The van der Waals surface area contributed by atoms with Crippen molar-refractivity contribution in [3.63, 3.8) is 0 Å². The Morgan fingerprint density at radius 1 is 1.26 bits per heavy atom. The van der Waals surface area contributed by atoms with Crippen molar-refractivity contribution < 1.29 is 14.2 Å². The summed E-state index contributed by atoms with van der Waals surface area (Å²) in [5.74, 6) is -0.0218. The topological polar surface area (TPSA) is 54.4 Å². The molecule has 0 saturated carbocycles. The zero-order valence-corrected chi connectivity index (χ0v) is 13.1. The van der Waals surface area contributed by atoms with Crippen LogP contribution >= 0.6 is 11.6 Å². The third-order valence-electron chi connectivity index (χ3n) is 3.52. The van der Waals surface area contributed by atoms with E-state index >= 15 is 0 Å². The number of benzene rings is 2. The molecule has 0 bridgehead atoms. The highest BCUT2D eigenvalue weighted by Crippen LogP contribution is 2.29. The summed E-state index contributed by atoms with van der Waals surface area (Å²) in [5.41, 5.74) is 1.34. The largest absolute Gasteiger partial charge is 0.504 e. The number of hydrogen-bond donors (Lipinski definition) is 2. The molecule has 0 radical (unpaired) electrons. The lowest BCUT2D eigenvalue weighted by atomic mass is 10.1. The molecule has 0 saturated heterocycles. The monoisotopic (exact) mass is 332 g/mol. The fourth-order valence-electron chi connectivity index (χ4n) is 2.33. The Morgan fingerprint density at radius 2 is 2.09 bits per heavy atom. The third kappa shape index (κ3) is 3.00. The molecule has 23 heavy (non-hydrogen) atoms. The number of phenols is 1. The quantitative estimate of drug-likeness (QED) is 0.745. The fraction of sp³-hybridized carbons (Fsp3) is 0.118. The minimum atomic E-state index is -0.456. The molecule has 1 aromatic heterocycles. The van der Waals surface area contributed by atoms with Crippen molar-refractivity contribution in [2.45, 2.75) is 6.54 Å². The smallest absolute Gasteiger partial charge is 0.172 e. The first kappa shape index (κ1) is 15.4. The van der Waals surface area contributed by atoms with Crippen molar-refractivity contribution in [3.05, 3.63) is 59.0 Å². The Bertz CT molecular complexity index is 871. The molecule has 0 aliphatic heterocycles. The number of pyridine rings is 1. The van der Waals surface area contributed by atoms with Crippen LogP contribution in [0.2, 0.25) is 5.02 Å². The van der Waals surface area contributed by atoms with Crippen LogP contribution in [-0.4, -0.2) is 17.2 Å². The van der Waals surface area contributed by atoms with Crippen molar-refractivity contribution in [2.24, 2.45) is 0 Å². The van der Waals surface area contributed by atoms with E-state index in [-0.39, 0.29) is 11.3 Å². The van der Waals surface area contributed by atoms with Gasteiger partial charge in [-0.05, 0) is 35.9 Å². The molecule has 0 unspecified atom stereocenters. The van der Waals surface area contributed by atoms with Gasteiger partial charge in [0.05, 0.1) is 17.8 Å². The summed E-state index contributed by atoms with van der Waals surface area (Å²) in [6, 6.07) is 9.98. The van der Waals surface area contributed by atoms with Crippen molar-refractivity contribution in [1.29, 1.82) is 0 Å². The van der Waals surface area contributed by atoms with Gasteiger partial charge in [-0.1, -0.05) is 17.7 Å². The molecule has 0 spiro atoms. The summed E-state index contributed by atoms with van der Waals surface area (Å²) in [4.78, 5) is 4.04. The normalized spacial score (nSPS) is 10.7. The number of phenolic OH excluding ortho intramolecular Hbond substituents is 1. The van der Waals surface area contributed by atoms with Crippen LogP contribution in [0, 0.1) is 5.82 Å². The van der Waals surface area contributed by atoms with Gasteiger partial charge in [0.2, 0.25) is 0 Å². The maximum atomic E-state index is 14.5. The molecule has 2 aromatic carbocycles. The Hall–Kier alpha value is -2.53. The molecule has 0 fully saturated rings. The number of methoxy groups -OCH3 is 1. The number of aromatic hydroxyl groups is 1. The molecule has 4 nitrogen and oxygen atoms in total. The second kappa shape index (κ2) is 6.30. The van der Waals surface area contributed by atoms with Gasteiger partial charge >= 0.3 is 0 Å². The number of halogens is 2. The molecule has 0 aliphatic rings. The lowest BCUT2D eigenvalue weighted by molar-refractivity contribution is 0.373. The second-order valence-corrected chi connectivity index (χ2v) is 5.38. The Morgan fingerprint density at radius 3 is 2.83 bits per heavy atom. The van der Waals surface area contributed by atoms with Crippen LogP contribution < -0.4 is 10.1 Å². The average molecular weight is 333 g/mol. The number of nitrogens with one attached hydrogen (secondary N) is 1. The van der Waals surface area contributed by atoms with Crippen LogP contribution in [0.3, 0.4) is 0 Å². The fourth-order valence-corrected chi connectivity index (χ4v) is 2.54. The minimum absolute atomic E-state index is 0.0410. The first-order valence-corrected chi connectivity index (χ1v) is 7.30. The summed E-state index contributed by atoms with van der Waals surface area (Å²) >= 11 is 6.03. The number of ether oxygens (including phenoxy) is 1. The Labute approximate surface area is 137 Å². The molecule has 2 N–H and O–H groups in total. The van der Waals surface area contributed by atoms with Gasteiger partial charge in [0.25, 0.3) is 0 Å². The molecule has 0 aliphatic carbocycles. The Kier molecular flexibility index (Phi) is 4.21. The summed E-state index contributed by atoms with van der Waals surface area (Å²) in [5, 5.41) is 13.8. The van der Waals surface area contributed by atoms with Gasteiger partial charge in [-0.2, -0.15) is 0 Å². The van der Waals surface area contributed by atoms with E-state index in [4.69, 9.17) is 16.3 Å². The highest BCUT2D eigenvalue weighted by atomic mass is 35.5. The number of nitrogens with zero attached hydrogens (tertiary/aromatic N) is 1. The SMILES string of the molecule is COc1ccc(CNc2ccc3c(Cl)ccnc3c2F)cc1O. The zero-order valence-electron chi connectivity index (χ0n) is 12.3. The van der Waals surface area contributed by atoms with E-state index in [0.29, 0.717) is 28.4 Å². The van der Waals surface area contributed by atoms with Gasteiger partial charge in [-0.15, -0.1) is 0 Å². The van der Waals surface area contributed by atoms with E-state index in [0.717, 1.165) is 5.56 Å². The van der Waals surface area contributed by atoms with Crippen LogP contribution in [0.25, 0.3) is 10.9 Å². The van der Waals surface area contributed by atoms with Crippen molar-refractivity contribution in [3.8, 4) is 11.5 Å². The summed E-state index contributed by atoms with van der Waals surface area (Å²) in [6.07, 6.45) is 1.47. The summed E-state index contributed by atoms with van der Waals surface area (Å²) in [7, 11) is 1.48. The molecule has 0 amide bonds. The molecule has 3 aromatic rings.